The quantitative estimate of drug-likeness (QED) is 0.612. The molecule has 1 N–H and O–H groups in total. The molecule has 20 heavy (non-hydrogen) atoms. The van der Waals surface area contributed by atoms with Crippen molar-refractivity contribution < 1.29 is 4.92 Å². The summed E-state index contributed by atoms with van der Waals surface area (Å²) in [6.07, 6.45) is 3.34. The van der Waals surface area contributed by atoms with Gasteiger partial charge in [-0.1, -0.05) is 32.9 Å². The van der Waals surface area contributed by atoms with Crippen LogP contribution in [-0.2, 0) is 6.42 Å². The molecule has 0 aliphatic heterocycles. The number of nitrogens with one attached hydrogen (secondary N) is 1. The van der Waals surface area contributed by atoms with Gasteiger partial charge in [-0.3, -0.25) is 10.1 Å². The molecule has 1 aliphatic carbocycles. The van der Waals surface area contributed by atoms with E-state index in [4.69, 9.17) is 0 Å². The minimum atomic E-state index is -0.347. The summed E-state index contributed by atoms with van der Waals surface area (Å²) in [4.78, 5) is 10.3. The summed E-state index contributed by atoms with van der Waals surface area (Å²) in [5.74, 6) is 0.712. The molecule has 1 aliphatic rings. The minimum absolute atomic E-state index is 0.165. The van der Waals surface area contributed by atoms with Gasteiger partial charge in [-0.2, -0.15) is 0 Å². The predicted octanol–water partition coefficient (Wildman–Crippen LogP) is 3.55. The van der Waals surface area contributed by atoms with Gasteiger partial charge < -0.3 is 5.32 Å². The number of nitro groups is 1. The van der Waals surface area contributed by atoms with Gasteiger partial charge in [0.1, 0.15) is 0 Å². The maximum Gasteiger partial charge on any atom is 0.269 e. The van der Waals surface area contributed by atoms with Crippen LogP contribution in [0, 0.1) is 21.4 Å². The molecule has 2 atom stereocenters. The molecule has 0 amide bonds. The van der Waals surface area contributed by atoms with Crippen molar-refractivity contribution in [2.75, 3.05) is 6.54 Å². The van der Waals surface area contributed by atoms with E-state index in [9.17, 15) is 10.1 Å². The first-order valence-electron chi connectivity index (χ1n) is 7.41. The van der Waals surface area contributed by atoms with Crippen LogP contribution in [0.2, 0.25) is 0 Å². The van der Waals surface area contributed by atoms with Crippen molar-refractivity contribution >= 4 is 5.69 Å². The van der Waals surface area contributed by atoms with E-state index < -0.39 is 0 Å². The van der Waals surface area contributed by atoms with Crippen molar-refractivity contribution in [2.24, 2.45) is 11.3 Å². The Labute approximate surface area is 120 Å². The van der Waals surface area contributed by atoms with Crippen LogP contribution in [-0.4, -0.2) is 17.5 Å². The van der Waals surface area contributed by atoms with Crippen LogP contribution in [0.4, 0.5) is 5.69 Å². The molecule has 2 unspecified atom stereocenters. The summed E-state index contributed by atoms with van der Waals surface area (Å²) >= 11 is 0. The smallest absolute Gasteiger partial charge is 0.269 e. The normalized spacial score (nSPS) is 21.4. The summed E-state index contributed by atoms with van der Waals surface area (Å²) in [5, 5.41) is 14.3. The third kappa shape index (κ3) is 3.57. The molecule has 1 aromatic rings. The van der Waals surface area contributed by atoms with Crippen LogP contribution < -0.4 is 5.32 Å². The number of hydrogen-bond donors (Lipinski definition) is 1. The number of nitro benzene ring substituents is 1. The zero-order valence-electron chi connectivity index (χ0n) is 12.6. The molecule has 2 rings (SSSR count). The van der Waals surface area contributed by atoms with Crippen LogP contribution in [0.1, 0.15) is 39.2 Å². The van der Waals surface area contributed by atoms with Gasteiger partial charge in [-0.15, -0.1) is 0 Å². The van der Waals surface area contributed by atoms with E-state index in [0.717, 1.165) is 19.4 Å². The van der Waals surface area contributed by atoms with Crippen molar-refractivity contribution in [1.82, 2.24) is 5.32 Å². The van der Waals surface area contributed by atoms with Gasteiger partial charge in [0.05, 0.1) is 4.92 Å². The average Bonchev–Trinajstić information content (AvgIpc) is 3.04. The summed E-state index contributed by atoms with van der Waals surface area (Å²) in [5.41, 5.74) is 1.78. The second kappa shape index (κ2) is 5.92. The summed E-state index contributed by atoms with van der Waals surface area (Å²) < 4.78 is 0. The van der Waals surface area contributed by atoms with Gasteiger partial charge in [-0.25, -0.2) is 0 Å². The second-order valence-corrected chi connectivity index (χ2v) is 6.49. The Morgan fingerprint density at radius 2 is 2.00 bits per heavy atom. The highest BCUT2D eigenvalue weighted by Gasteiger charge is 2.49. The monoisotopic (exact) mass is 276 g/mol. The Morgan fingerprint density at radius 1 is 1.40 bits per heavy atom. The SMILES string of the molecule is CCCNC(Cc1ccc([N+](=O)[O-])cc1)C1CC1(C)C. The van der Waals surface area contributed by atoms with Gasteiger partial charge in [0, 0.05) is 18.2 Å². The minimum Gasteiger partial charge on any atom is -0.313 e. The summed E-state index contributed by atoms with van der Waals surface area (Å²) in [6, 6.07) is 7.45. The third-order valence-corrected chi connectivity index (χ3v) is 4.33. The molecule has 4 heteroatoms. The maximum absolute atomic E-state index is 10.7. The molecule has 0 bridgehead atoms. The van der Waals surface area contributed by atoms with Gasteiger partial charge in [-0.05, 0) is 42.7 Å². The molecule has 1 fully saturated rings. The van der Waals surface area contributed by atoms with Gasteiger partial charge >= 0.3 is 0 Å². The highest BCUT2D eigenvalue weighted by atomic mass is 16.6. The van der Waals surface area contributed by atoms with E-state index in [1.54, 1.807) is 12.1 Å². The van der Waals surface area contributed by atoms with Crippen LogP contribution in [0.5, 0.6) is 0 Å². The van der Waals surface area contributed by atoms with Crippen LogP contribution in [0.15, 0.2) is 24.3 Å². The number of non-ortho nitro benzene ring substituents is 1. The summed E-state index contributed by atoms with van der Waals surface area (Å²) in [6.45, 7) is 7.83. The molecule has 0 radical (unpaired) electrons. The Bertz CT molecular complexity index is 468. The molecular weight excluding hydrogens is 252 g/mol. The van der Waals surface area contributed by atoms with Crippen molar-refractivity contribution in [3.05, 3.63) is 39.9 Å². The van der Waals surface area contributed by atoms with E-state index in [1.807, 2.05) is 12.1 Å². The second-order valence-electron chi connectivity index (χ2n) is 6.49. The lowest BCUT2D eigenvalue weighted by Gasteiger charge is -2.20. The molecule has 0 aromatic heterocycles. The van der Waals surface area contributed by atoms with Crippen molar-refractivity contribution in [3.8, 4) is 0 Å². The highest BCUT2D eigenvalue weighted by Crippen LogP contribution is 2.54. The first kappa shape index (κ1) is 15.0. The first-order valence-corrected chi connectivity index (χ1v) is 7.41. The lowest BCUT2D eigenvalue weighted by Crippen LogP contribution is -2.35. The standard InChI is InChI=1S/C16H24N2O2/c1-4-9-17-15(14-11-16(14,2)3)10-12-5-7-13(8-6-12)18(19)20/h5-8,14-15,17H,4,9-11H2,1-3H3. The van der Waals surface area contributed by atoms with Crippen LogP contribution >= 0.6 is 0 Å². The van der Waals surface area contributed by atoms with Crippen molar-refractivity contribution in [1.29, 1.82) is 0 Å². The molecule has 4 nitrogen and oxygen atoms in total. The topological polar surface area (TPSA) is 55.2 Å². The largest absolute Gasteiger partial charge is 0.313 e. The number of rotatable bonds is 7. The fourth-order valence-corrected chi connectivity index (χ4v) is 2.89. The molecule has 1 aromatic carbocycles. The molecular formula is C16H24N2O2. The molecule has 0 saturated heterocycles. The van der Waals surface area contributed by atoms with Crippen LogP contribution in [0.25, 0.3) is 0 Å². The lowest BCUT2D eigenvalue weighted by molar-refractivity contribution is -0.384. The Morgan fingerprint density at radius 3 is 2.45 bits per heavy atom. The fraction of sp³-hybridized carbons (Fsp3) is 0.625. The van der Waals surface area contributed by atoms with E-state index in [-0.39, 0.29) is 10.6 Å². The van der Waals surface area contributed by atoms with Crippen LogP contribution in [0.3, 0.4) is 0 Å². The first-order chi connectivity index (χ1) is 9.44. The average molecular weight is 276 g/mol. The van der Waals surface area contributed by atoms with E-state index in [2.05, 4.69) is 26.1 Å². The molecule has 0 heterocycles. The van der Waals surface area contributed by atoms with Gasteiger partial charge in [0.2, 0.25) is 0 Å². The predicted molar refractivity (Wildman–Crippen MR) is 80.8 cm³/mol. The van der Waals surface area contributed by atoms with E-state index in [1.165, 1.54) is 12.0 Å². The van der Waals surface area contributed by atoms with E-state index >= 15 is 0 Å². The maximum atomic E-state index is 10.7. The number of hydrogen-bond acceptors (Lipinski definition) is 3. The Hall–Kier alpha value is -1.42. The van der Waals surface area contributed by atoms with Crippen molar-refractivity contribution in [2.45, 2.75) is 46.1 Å². The molecule has 1 saturated carbocycles. The summed E-state index contributed by atoms with van der Waals surface area (Å²) in [7, 11) is 0. The third-order valence-electron chi connectivity index (χ3n) is 4.33. The van der Waals surface area contributed by atoms with Crippen molar-refractivity contribution in [3.63, 3.8) is 0 Å². The number of nitrogens with zero attached hydrogens (tertiary/aromatic N) is 1. The zero-order valence-corrected chi connectivity index (χ0v) is 12.6. The van der Waals surface area contributed by atoms with Gasteiger partial charge in [0.25, 0.3) is 5.69 Å². The Balaban J connectivity index is 2.01. The Kier molecular flexibility index (Phi) is 4.43. The lowest BCUT2D eigenvalue weighted by atomic mass is 9.97. The zero-order chi connectivity index (χ0) is 14.8. The molecule has 110 valence electrons. The fourth-order valence-electron chi connectivity index (χ4n) is 2.89. The highest BCUT2D eigenvalue weighted by molar-refractivity contribution is 5.33. The van der Waals surface area contributed by atoms with E-state index in [0.29, 0.717) is 17.4 Å². The molecule has 0 spiro atoms. The van der Waals surface area contributed by atoms with Gasteiger partial charge in [0.15, 0.2) is 0 Å². The number of benzene rings is 1.